The van der Waals surface area contributed by atoms with Crippen molar-refractivity contribution in [3.8, 4) is 0 Å². The van der Waals surface area contributed by atoms with Crippen molar-refractivity contribution in [3.05, 3.63) is 83.5 Å². The third kappa shape index (κ3) is 8.08. The molecule has 0 aliphatic carbocycles. The maximum atomic E-state index is 4.41. The third-order valence-corrected chi connectivity index (χ3v) is 7.70. The summed E-state index contributed by atoms with van der Waals surface area (Å²) in [5.41, 5.74) is 6.62. The summed E-state index contributed by atoms with van der Waals surface area (Å²) in [5.74, 6) is 2.40. The molecule has 3 unspecified atom stereocenters. The Bertz CT molecular complexity index is 1010. The zero-order valence-electron chi connectivity index (χ0n) is 23.1. The number of hydrogen-bond donors (Lipinski definition) is 1. The lowest BCUT2D eigenvalue weighted by Crippen LogP contribution is -2.35. The fourth-order valence-electron chi connectivity index (χ4n) is 5.46. The van der Waals surface area contributed by atoms with E-state index in [2.05, 4.69) is 104 Å². The molecular weight excluding hydrogens is 440 g/mol. The minimum atomic E-state index is 0.469. The molecule has 1 aromatic heterocycles. The molecular formula is C32H46N4. The Morgan fingerprint density at radius 1 is 1.19 bits per heavy atom. The van der Waals surface area contributed by atoms with Crippen molar-refractivity contribution in [2.24, 2.45) is 22.7 Å². The number of benzene rings is 1. The minimum absolute atomic E-state index is 0.469. The van der Waals surface area contributed by atoms with Crippen LogP contribution in [-0.4, -0.2) is 29.7 Å². The van der Waals surface area contributed by atoms with Crippen LogP contribution < -0.4 is 5.32 Å². The number of pyridine rings is 1. The molecule has 0 amide bonds. The van der Waals surface area contributed by atoms with Crippen LogP contribution in [0.5, 0.6) is 0 Å². The number of aromatic nitrogens is 1. The van der Waals surface area contributed by atoms with Gasteiger partial charge in [0.1, 0.15) is 0 Å². The first-order chi connectivity index (χ1) is 17.4. The molecule has 1 aromatic carbocycles. The molecule has 0 spiro atoms. The topological polar surface area (TPSA) is 40.5 Å². The van der Waals surface area contributed by atoms with E-state index in [4.69, 9.17) is 0 Å². The number of nitrogens with one attached hydrogen (secondary N) is 1. The molecule has 1 aliphatic rings. The Labute approximate surface area is 219 Å². The lowest BCUT2D eigenvalue weighted by atomic mass is 9.80. The van der Waals surface area contributed by atoms with Crippen molar-refractivity contribution in [1.82, 2.24) is 9.88 Å². The van der Waals surface area contributed by atoms with Gasteiger partial charge in [-0.15, -0.1) is 0 Å². The maximum absolute atomic E-state index is 4.41. The van der Waals surface area contributed by atoms with Crippen LogP contribution in [0.1, 0.15) is 77.3 Å². The highest BCUT2D eigenvalue weighted by molar-refractivity contribution is 5.51. The predicted octanol–water partition coefficient (Wildman–Crippen LogP) is 8.07. The Morgan fingerprint density at radius 3 is 2.69 bits per heavy atom. The quantitative estimate of drug-likeness (QED) is 0.243. The van der Waals surface area contributed by atoms with Gasteiger partial charge < -0.3 is 10.2 Å². The van der Waals surface area contributed by atoms with Crippen molar-refractivity contribution >= 4 is 12.4 Å². The minimum Gasteiger partial charge on any atom is -0.379 e. The summed E-state index contributed by atoms with van der Waals surface area (Å²) < 4.78 is 0. The third-order valence-electron chi connectivity index (χ3n) is 7.70. The maximum Gasteiger partial charge on any atom is 0.0564 e. The fourth-order valence-corrected chi connectivity index (χ4v) is 5.46. The van der Waals surface area contributed by atoms with E-state index in [9.17, 15) is 0 Å². The van der Waals surface area contributed by atoms with Gasteiger partial charge in [-0.05, 0) is 91.8 Å². The Balaban J connectivity index is 1.65. The predicted molar refractivity (Wildman–Crippen MR) is 155 cm³/mol. The lowest BCUT2D eigenvalue weighted by Gasteiger charge is -2.38. The smallest absolute Gasteiger partial charge is 0.0564 e. The van der Waals surface area contributed by atoms with E-state index in [0.717, 1.165) is 37.7 Å². The van der Waals surface area contributed by atoms with Crippen LogP contribution in [0, 0.1) is 17.8 Å². The molecule has 194 valence electrons. The van der Waals surface area contributed by atoms with Gasteiger partial charge in [0, 0.05) is 37.7 Å². The number of likely N-dealkylation sites (tertiary alicyclic amines) is 1. The van der Waals surface area contributed by atoms with Crippen molar-refractivity contribution < 1.29 is 0 Å². The van der Waals surface area contributed by atoms with Crippen LogP contribution in [-0.2, 0) is 6.54 Å². The van der Waals surface area contributed by atoms with E-state index in [1.807, 2.05) is 18.6 Å². The van der Waals surface area contributed by atoms with Crippen LogP contribution in [0.15, 0.2) is 77.3 Å². The van der Waals surface area contributed by atoms with Crippen LogP contribution in [0.2, 0.25) is 0 Å². The van der Waals surface area contributed by atoms with E-state index in [1.165, 1.54) is 41.7 Å². The van der Waals surface area contributed by atoms with Gasteiger partial charge in [-0.25, -0.2) is 0 Å². The molecule has 0 bridgehead atoms. The Morgan fingerprint density at radius 2 is 1.97 bits per heavy atom. The first-order valence-corrected chi connectivity index (χ1v) is 13.7. The molecule has 2 aromatic rings. The van der Waals surface area contributed by atoms with Gasteiger partial charge in [-0.3, -0.25) is 9.98 Å². The number of aliphatic imine (C=N–C) groups is 1. The van der Waals surface area contributed by atoms with Crippen LogP contribution in [0.3, 0.4) is 0 Å². The molecule has 1 aliphatic heterocycles. The van der Waals surface area contributed by atoms with Crippen LogP contribution in [0.4, 0.5) is 5.69 Å². The molecule has 3 rings (SSSR count). The number of rotatable bonds is 12. The second-order valence-corrected chi connectivity index (χ2v) is 11.0. The van der Waals surface area contributed by atoms with E-state index in [-0.39, 0.29) is 0 Å². The molecule has 36 heavy (non-hydrogen) atoms. The highest BCUT2D eigenvalue weighted by atomic mass is 15.1. The number of anilines is 1. The molecule has 0 radical (unpaired) electrons. The van der Waals surface area contributed by atoms with Gasteiger partial charge in [0.05, 0.1) is 11.9 Å². The molecule has 3 atom stereocenters. The number of piperidine rings is 1. The van der Waals surface area contributed by atoms with Crippen LogP contribution in [0.25, 0.3) is 0 Å². The summed E-state index contributed by atoms with van der Waals surface area (Å²) in [5, 5.41) is 3.64. The van der Waals surface area contributed by atoms with Gasteiger partial charge in [0.15, 0.2) is 0 Å². The molecule has 1 N–H and O–H groups in total. The molecule has 0 saturated carbocycles. The zero-order chi connectivity index (χ0) is 25.9. The van der Waals surface area contributed by atoms with Gasteiger partial charge >= 0.3 is 0 Å². The molecule has 4 heteroatoms. The summed E-state index contributed by atoms with van der Waals surface area (Å²) in [6.45, 7) is 18.4. The molecule has 1 fully saturated rings. The first kappa shape index (κ1) is 27.7. The zero-order valence-corrected chi connectivity index (χ0v) is 23.1. The molecule has 2 heterocycles. The number of hydrogen-bond acceptors (Lipinski definition) is 4. The SMILES string of the molecule is C=N/C=C\C(CC(C)C)=C(/C)N1CCCC(CC(C)C(C)c2ccncc2NCc2ccccc2)C1. The van der Waals surface area contributed by atoms with E-state index in [0.29, 0.717) is 17.8 Å². The Kier molecular flexibility index (Phi) is 10.8. The number of allylic oxidation sites excluding steroid dienone is 3. The molecule has 4 nitrogen and oxygen atoms in total. The second-order valence-electron chi connectivity index (χ2n) is 11.0. The fraction of sp³-hybridized carbons (Fsp3) is 0.500. The monoisotopic (exact) mass is 486 g/mol. The highest BCUT2D eigenvalue weighted by Crippen LogP contribution is 2.36. The first-order valence-electron chi connectivity index (χ1n) is 13.7. The van der Waals surface area contributed by atoms with E-state index >= 15 is 0 Å². The summed E-state index contributed by atoms with van der Waals surface area (Å²) in [4.78, 5) is 11.0. The lowest BCUT2D eigenvalue weighted by molar-refractivity contribution is 0.187. The summed E-state index contributed by atoms with van der Waals surface area (Å²) in [7, 11) is 0. The Hall–Kier alpha value is -2.88. The van der Waals surface area contributed by atoms with E-state index in [1.54, 1.807) is 0 Å². The van der Waals surface area contributed by atoms with Gasteiger partial charge in [-0.1, -0.05) is 58.0 Å². The number of nitrogens with zero attached hydrogens (tertiary/aromatic N) is 3. The second kappa shape index (κ2) is 14.0. The molecule has 1 saturated heterocycles. The van der Waals surface area contributed by atoms with Crippen molar-refractivity contribution in [2.45, 2.75) is 72.8 Å². The van der Waals surface area contributed by atoms with Crippen molar-refractivity contribution in [1.29, 1.82) is 0 Å². The normalized spacial score (nSPS) is 18.7. The van der Waals surface area contributed by atoms with Crippen LogP contribution >= 0.6 is 0 Å². The standard InChI is InChI=1S/C32H46N4/c1-24(2)19-30(14-16-33-6)27(5)36-18-10-13-29(23-36)20-25(3)26(4)31-15-17-34-22-32(31)35-21-28-11-8-7-9-12-28/h7-9,11-12,14-17,22,24-26,29,35H,6,10,13,18-21,23H2,1-5H3/b16-14-,30-27-. The van der Waals surface area contributed by atoms with E-state index < -0.39 is 0 Å². The summed E-state index contributed by atoms with van der Waals surface area (Å²) >= 11 is 0. The largest absolute Gasteiger partial charge is 0.379 e. The van der Waals surface area contributed by atoms with Gasteiger partial charge in [0.25, 0.3) is 0 Å². The summed E-state index contributed by atoms with van der Waals surface area (Å²) in [6.07, 6.45) is 12.8. The van der Waals surface area contributed by atoms with Crippen molar-refractivity contribution in [2.75, 3.05) is 18.4 Å². The van der Waals surface area contributed by atoms with Crippen molar-refractivity contribution in [3.63, 3.8) is 0 Å². The average Bonchev–Trinajstić information content (AvgIpc) is 2.89. The highest BCUT2D eigenvalue weighted by Gasteiger charge is 2.26. The average molecular weight is 487 g/mol. The summed E-state index contributed by atoms with van der Waals surface area (Å²) in [6, 6.07) is 12.8. The van der Waals surface area contributed by atoms with Gasteiger partial charge in [0.2, 0.25) is 0 Å². The van der Waals surface area contributed by atoms with Gasteiger partial charge in [-0.2, -0.15) is 0 Å².